The van der Waals surface area contributed by atoms with Gasteiger partial charge >= 0.3 is 29.6 Å². The summed E-state index contributed by atoms with van der Waals surface area (Å²) in [6.07, 6.45) is -19.2. The summed E-state index contributed by atoms with van der Waals surface area (Å²) < 4.78 is 132. The number of rotatable bonds is 6. The van der Waals surface area contributed by atoms with E-state index in [9.17, 15) is 43.9 Å². The van der Waals surface area contributed by atoms with Gasteiger partial charge in [-0.1, -0.05) is 18.2 Å². The molecule has 138 valence electrons. The largest absolute Gasteiger partial charge is 0.475 e. The van der Waals surface area contributed by atoms with E-state index in [1.165, 1.54) is 6.07 Å². The molecule has 0 aliphatic heterocycles. The van der Waals surface area contributed by atoms with Gasteiger partial charge in [-0.15, -0.1) is 0 Å². The van der Waals surface area contributed by atoms with Gasteiger partial charge in [0.1, 0.15) is 5.75 Å². The maximum absolute atomic E-state index is 13.5. The summed E-state index contributed by atoms with van der Waals surface area (Å²) >= 11 is 4.27. The molecule has 24 heavy (non-hydrogen) atoms. The van der Waals surface area contributed by atoms with Crippen molar-refractivity contribution in [2.75, 3.05) is 0 Å². The molecule has 2 nitrogen and oxygen atoms in total. The van der Waals surface area contributed by atoms with Crippen LogP contribution in [0.25, 0.3) is 0 Å². The van der Waals surface area contributed by atoms with Gasteiger partial charge in [0.25, 0.3) is 0 Å². The summed E-state index contributed by atoms with van der Waals surface area (Å²) in [7, 11) is 0. The Balaban J connectivity index is 3.06. The average molecular weight is 395 g/mol. The minimum absolute atomic E-state index is 0.767. The van der Waals surface area contributed by atoms with Crippen LogP contribution in [0, 0.1) is 0 Å². The van der Waals surface area contributed by atoms with E-state index < -0.39 is 35.4 Å². The van der Waals surface area contributed by atoms with Crippen LogP contribution in [0.2, 0.25) is 0 Å². The second kappa shape index (κ2) is 6.14. The summed E-state index contributed by atoms with van der Waals surface area (Å²) in [5, 5.41) is -5.55. The monoisotopic (exact) mass is 394 g/mol. The maximum atomic E-state index is 13.5. The Labute approximate surface area is 131 Å². The fourth-order valence-corrected chi connectivity index (χ4v) is 1.28. The van der Waals surface area contributed by atoms with Gasteiger partial charge in [-0.05, 0) is 23.7 Å². The molecule has 1 aromatic carbocycles. The number of alkyl halides is 11. The fraction of sp³-hybridized carbons (Fsp3) is 0.455. The molecule has 0 N–H and O–H groups in total. The van der Waals surface area contributed by atoms with Gasteiger partial charge in [0, 0.05) is 0 Å². The number of para-hydroxylation sites is 1. The van der Waals surface area contributed by atoms with Crippen molar-refractivity contribution in [3.63, 3.8) is 0 Å². The lowest BCUT2D eigenvalue weighted by molar-refractivity contribution is -0.469. The minimum Gasteiger partial charge on any atom is -0.427 e. The topological polar surface area (TPSA) is 18.5 Å². The average Bonchev–Trinajstić information content (AvgIpc) is 2.36. The molecule has 0 aliphatic carbocycles. The van der Waals surface area contributed by atoms with Gasteiger partial charge in [-0.25, -0.2) is 0 Å². The predicted molar refractivity (Wildman–Crippen MR) is 58.7 cm³/mol. The third-order valence-electron chi connectivity index (χ3n) is 2.31. The van der Waals surface area contributed by atoms with Crippen LogP contribution in [0.1, 0.15) is 0 Å². The molecule has 0 saturated carbocycles. The molecule has 0 heterocycles. The SMILES string of the molecule is FC(F)(F)C(F)(F)C(F)(F)OC(F)(Cl)C(F)(F)Oc1ccccc1. The van der Waals surface area contributed by atoms with Gasteiger partial charge in [0.05, 0.1) is 0 Å². The van der Waals surface area contributed by atoms with E-state index in [2.05, 4.69) is 21.1 Å². The quantitative estimate of drug-likeness (QED) is 0.480. The lowest BCUT2D eigenvalue weighted by Gasteiger charge is -2.33. The highest BCUT2D eigenvalue weighted by Crippen LogP contribution is 2.51. The van der Waals surface area contributed by atoms with Crippen LogP contribution in [-0.2, 0) is 4.74 Å². The normalized spacial score (nSPS) is 16.6. The van der Waals surface area contributed by atoms with E-state index in [0.717, 1.165) is 24.3 Å². The molecule has 0 saturated heterocycles. The Morgan fingerprint density at radius 2 is 1.17 bits per heavy atom. The molecule has 0 aliphatic rings. The number of benzene rings is 1. The predicted octanol–water partition coefficient (Wildman–Crippen LogP) is 5.33. The third kappa shape index (κ3) is 3.97. The van der Waals surface area contributed by atoms with Gasteiger partial charge in [-0.3, -0.25) is 4.74 Å². The van der Waals surface area contributed by atoms with Crippen molar-refractivity contribution in [1.29, 1.82) is 0 Å². The van der Waals surface area contributed by atoms with Crippen LogP contribution in [-0.4, -0.2) is 29.6 Å². The first-order chi connectivity index (χ1) is 10.5. The molecule has 13 heteroatoms. The van der Waals surface area contributed by atoms with Crippen molar-refractivity contribution in [3.05, 3.63) is 30.3 Å². The summed E-state index contributed by atoms with van der Waals surface area (Å²) in [6.45, 7) is 0. The molecular weight excluding hydrogens is 390 g/mol. The van der Waals surface area contributed by atoms with Crippen molar-refractivity contribution >= 4 is 11.6 Å². The first-order valence-electron chi connectivity index (χ1n) is 5.56. The van der Waals surface area contributed by atoms with Gasteiger partial charge in [-0.2, -0.15) is 43.9 Å². The minimum atomic E-state index is -7.00. The van der Waals surface area contributed by atoms with Crippen LogP contribution < -0.4 is 4.74 Å². The number of ether oxygens (including phenoxy) is 2. The molecule has 1 rings (SSSR count). The number of hydrogen-bond acceptors (Lipinski definition) is 2. The molecule has 1 aromatic rings. The first-order valence-corrected chi connectivity index (χ1v) is 5.93. The highest BCUT2D eigenvalue weighted by molar-refractivity contribution is 6.22. The molecule has 1 unspecified atom stereocenters. The molecular formula is C11H5ClF10O2. The summed E-state index contributed by atoms with van der Waals surface area (Å²) in [6, 6.07) is 4.97. The molecule has 0 aromatic heterocycles. The Morgan fingerprint density at radius 3 is 1.58 bits per heavy atom. The fourth-order valence-electron chi connectivity index (χ4n) is 1.15. The van der Waals surface area contributed by atoms with E-state index in [1.54, 1.807) is 0 Å². The van der Waals surface area contributed by atoms with Crippen molar-refractivity contribution in [3.8, 4) is 5.75 Å². The second-order valence-corrected chi connectivity index (χ2v) is 4.63. The van der Waals surface area contributed by atoms with E-state index in [0.29, 0.717) is 0 Å². The summed E-state index contributed by atoms with van der Waals surface area (Å²) in [4.78, 5) is 0. The molecule has 0 amide bonds. The van der Waals surface area contributed by atoms with E-state index in [-0.39, 0.29) is 0 Å². The van der Waals surface area contributed by atoms with Crippen molar-refractivity contribution in [1.82, 2.24) is 0 Å². The van der Waals surface area contributed by atoms with Crippen LogP contribution in [0.3, 0.4) is 0 Å². The van der Waals surface area contributed by atoms with Crippen LogP contribution in [0.4, 0.5) is 43.9 Å². The van der Waals surface area contributed by atoms with Gasteiger partial charge in [0.15, 0.2) is 0 Å². The highest BCUT2D eigenvalue weighted by Gasteiger charge is 2.78. The van der Waals surface area contributed by atoms with Crippen molar-refractivity contribution < 1.29 is 53.4 Å². The van der Waals surface area contributed by atoms with Crippen molar-refractivity contribution in [2.45, 2.75) is 29.6 Å². The first kappa shape index (κ1) is 20.6. The second-order valence-electron chi connectivity index (χ2n) is 4.14. The molecule has 1 atom stereocenters. The summed E-state index contributed by atoms with van der Waals surface area (Å²) in [5.74, 6) is -7.87. The number of halogens is 11. The van der Waals surface area contributed by atoms with E-state index in [4.69, 9.17) is 0 Å². The molecule has 0 bridgehead atoms. The molecule has 0 fully saturated rings. The summed E-state index contributed by atoms with van der Waals surface area (Å²) in [5.41, 5.74) is 0. The Hall–Kier alpha value is -1.43. The highest BCUT2D eigenvalue weighted by atomic mass is 35.5. The van der Waals surface area contributed by atoms with Crippen LogP contribution in [0.15, 0.2) is 30.3 Å². The Morgan fingerprint density at radius 1 is 0.708 bits per heavy atom. The van der Waals surface area contributed by atoms with Gasteiger partial charge in [0.2, 0.25) is 0 Å². The van der Waals surface area contributed by atoms with Gasteiger partial charge < -0.3 is 4.74 Å². The third-order valence-corrected chi connectivity index (χ3v) is 2.60. The zero-order valence-corrected chi connectivity index (χ0v) is 11.6. The zero-order valence-electron chi connectivity index (χ0n) is 10.9. The molecule has 0 radical (unpaired) electrons. The maximum Gasteiger partial charge on any atom is 0.475 e. The van der Waals surface area contributed by atoms with Crippen molar-refractivity contribution in [2.24, 2.45) is 0 Å². The van der Waals surface area contributed by atoms with Crippen LogP contribution in [0.5, 0.6) is 5.75 Å². The zero-order chi connectivity index (χ0) is 19.0. The lowest BCUT2D eigenvalue weighted by Crippen LogP contribution is -2.59. The lowest BCUT2D eigenvalue weighted by atomic mass is 10.3. The van der Waals surface area contributed by atoms with Crippen LogP contribution >= 0.6 is 11.6 Å². The smallest absolute Gasteiger partial charge is 0.427 e. The standard InChI is InChI=1S/C11H5ClF10O2/c12-8(15,11(21,22)23-6-4-2-1-3-5-6)24-10(19,20)7(13,14)9(16,17)18/h1-5H. The molecule has 0 spiro atoms. The van der Waals surface area contributed by atoms with E-state index in [1.807, 2.05) is 0 Å². The van der Waals surface area contributed by atoms with E-state index >= 15 is 0 Å². The number of hydrogen-bond donors (Lipinski definition) is 0. The Bertz CT molecular complexity index is 558. The Kier molecular flexibility index (Phi) is 5.27.